The van der Waals surface area contributed by atoms with Gasteiger partial charge in [0.25, 0.3) is 5.91 Å². The van der Waals surface area contributed by atoms with Gasteiger partial charge in [0.15, 0.2) is 6.61 Å². The molecule has 0 saturated heterocycles. The Morgan fingerprint density at radius 2 is 1.64 bits per heavy atom. The molecule has 25 heavy (non-hydrogen) atoms. The summed E-state index contributed by atoms with van der Waals surface area (Å²) in [5.41, 5.74) is 0.350. The average Bonchev–Trinajstić information content (AvgIpc) is 2.57. The molecule has 2 rings (SSSR count). The van der Waals surface area contributed by atoms with Crippen molar-refractivity contribution in [2.45, 2.75) is 13.8 Å². The molecule has 2 N–H and O–H groups in total. The van der Waals surface area contributed by atoms with Crippen LogP contribution in [0, 0.1) is 5.82 Å². The van der Waals surface area contributed by atoms with Crippen LogP contribution in [0.15, 0.2) is 42.5 Å². The van der Waals surface area contributed by atoms with E-state index in [2.05, 4.69) is 10.6 Å². The number of rotatable bonds is 7. The minimum absolute atomic E-state index is 0.0356. The lowest BCUT2D eigenvalue weighted by Crippen LogP contribution is -2.21. The predicted octanol–water partition coefficient (Wildman–Crippen LogP) is 3.20. The number of ether oxygens (including phenoxy) is 2. The number of anilines is 2. The third-order valence-electron chi connectivity index (χ3n) is 3.07. The van der Waals surface area contributed by atoms with Gasteiger partial charge in [0, 0.05) is 12.6 Å². The van der Waals surface area contributed by atoms with Gasteiger partial charge in [-0.3, -0.25) is 9.59 Å². The molecule has 0 radical (unpaired) electrons. The zero-order valence-corrected chi connectivity index (χ0v) is 14.0. The van der Waals surface area contributed by atoms with E-state index in [1.165, 1.54) is 19.1 Å². The third kappa shape index (κ3) is 5.80. The van der Waals surface area contributed by atoms with E-state index in [0.29, 0.717) is 23.8 Å². The van der Waals surface area contributed by atoms with Crippen LogP contribution in [-0.2, 0) is 9.59 Å². The van der Waals surface area contributed by atoms with Crippen molar-refractivity contribution in [3.63, 3.8) is 0 Å². The maximum atomic E-state index is 13.8. The quantitative estimate of drug-likeness (QED) is 0.807. The summed E-state index contributed by atoms with van der Waals surface area (Å²) in [6.45, 7) is 3.50. The van der Waals surface area contributed by atoms with Gasteiger partial charge in [0.05, 0.1) is 12.3 Å². The molecule has 132 valence electrons. The minimum atomic E-state index is -0.608. The highest BCUT2D eigenvalue weighted by atomic mass is 19.1. The summed E-state index contributed by atoms with van der Waals surface area (Å²) in [5, 5.41) is 4.93. The van der Waals surface area contributed by atoms with Gasteiger partial charge in [-0.25, -0.2) is 4.39 Å². The second-order valence-corrected chi connectivity index (χ2v) is 5.12. The van der Waals surface area contributed by atoms with E-state index in [1.807, 2.05) is 6.92 Å². The van der Waals surface area contributed by atoms with Crippen molar-refractivity contribution in [3.8, 4) is 11.5 Å². The first-order valence-corrected chi connectivity index (χ1v) is 7.70. The Labute approximate surface area is 144 Å². The van der Waals surface area contributed by atoms with E-state index < -0.39 is 11.7 Å². The van der Waals surface area contributed by atoms with Gasteiger partial charge >= 0.3 is 0 Å². The second kappa shape index (κ2) is 8.68. The van der Waals surface area contributed by atoms with Crippen LogP contribution < -0.4 is 20.1 Å². The van der Waals surface area contributed by atoms with Crippen LogP contribution in [0.25, 0.3) is 0 Å². The van der Waals surface area contributed by atoms with Gasteiger partial charge in [-0.2, -0.15) is 0 Å². The summed E-state index contributed by atoms with van der Waals surface area (Å²) in [7, 11) is 0. The SMILES string of the molecule is CCOc1ccc(OCC(=O)Nc2cc(NC(C)=O)ccc2F)cc1. The molecular weight excluding hydrogens is 327 g/mol. The molecule has 7 heteroatoms. The monoisotopic (exact) mass is 346 g/mol. The van der Waals surface area contributed by atoms with Crippen LogP contribution in [0.1, 0.15) is 13.8 Å². The van der Waals surface area contributed by atoms with Crippen LogP contribution in [0.5, 0.6) is 11.5 Å². The third-order valence-corrected chi connectivity index (χ3v) is 3.07. The summed E-state index contributed by atoms with van der Waals surface area (Å²) in [4.78, 5) is 23.0. The Morgan fingerprint density at radius 3 is 2.24 bits per heavy atom. The first-order chi connectivity index (χ1) is 12.0. The first-order valence-electron chi connectivity index (χ1n) is 7.70. The lowest BCUT2D eigenvalue weighted by atomic mass is 10.2. The fourth-order valence-corrected chi connectivity index (χ4v) is 2.04. The fraction of sp³-hybridized carbons (Fsp3) is 0.222. The highest BCUT2D eigenvalue weighted by Crippen LogP contribution is 2.20. The predicted molar refractivity (Wildman–Crippen MR) is 92.4 cm³/mol. The highest BCUT2D eigenvalue weighted by Gasteiger charge is 2.09. The van der Waals surface area contributed by atoms with Crippen LogP contribution >= 0.6 is 0 Å². The Hall–Kier alpha value is -3.09. The summed E-state index contributed by atoms with van der Waals surface area (Å²) in [5.74, 6) is -0.221. The van der Waals surface area contributed by atoms with E-state index in [-0.39, 0.29) is 18.2 Å². The first kappa shape index (κ1) is 18.3. The summed E-state index contributed by atoms with van der Waals surface area (Å²) in [6, 6.07) is 10.7. The van der Waals surface area contributed by atoms with Crippen molar-refractivity contribution < 1.29 is 23.5 Å². The summed E-state index contributed by atoms with van der Waals surface area (Å²) >= 11 is 0. The van der Waals surface area contributed by atoms with E-state index in [4.69, 9.17) is 9.47 Å². The van der Waals surface area contributed by atoms with Gasteiger partial charge in [-0.1, -0.05) is 0 Å². The van der Waals surface area contributed by atoms with Crippen molar-refractivity contribution in [3.05, 3.63) is 48.3 Å². The van der Waals surface area contributed by atoms with Crippen LogP contribution in [0.2, 0.25) is 0 Å². The zero-order valence-electron chi connectivity index (χ0n) is 14.0. The topological polar surface area (TPSA) is 76.7 Å². The Kier molecular flexibility index (Phi) is 6.33. The van der Waals surface area contributed by atoms with E-state index >= 15 is 0 Å². The summed E-state index contributed by atoms with van der Waals surface area (Å²) < 4.78 is 24.4. The maximum absolute atomic E-state index is 13.8. The van der Waals surface area contributed by atoms with Gasteiger partial charge in [-0.05, 0) is 49.4 Å². The van der Waals surface area contributed by atoms with Crippen molar-refractivity contribution in [1.29, 1.82) is 0 Å². The molecule has 0 aromatic heterocycles. The number of amides is 2. The Balaban J connectivity index is 1.92. The molecule has 2 aromatic rings. The van der Waals surface area contributed by atoms with Gasteiger partial charge in [0.2, 0.25) is 5.91 Å². The molecule has 2 aromatic carbocycles. The van der Waals surface area contributed by atoms with Crippen LogP contribution in [0.3, 0.4) is 0 Å². The van der Waals surface area contributed by atoms with Crippen molar-refractivity contribution in [2.24, 2.45) is 0 Å². The van der Waals surface area contributed by atoms with E-state index in [9.17, 15) is 14.0 Å². The lowest BCUT2D eigenvalue weighted by molar-refractivity contribution is -0.118. The van der Waals surface area contributed by atoms with Gasteiger partial charge in [-0.15, -0.1) is 0 Å². The largest absolute Gasteiger partial charge is 0.494 e. The molecular formula is C18H19FN2O4. The fourth-order valence-electron chi connectivity index (χ4n) is 2.04. The molecule has 0 fully saturated rings. The molecule has 2 amide bonds. The van der Waals surface area contributed by atoms with Crippen molar-refractivity contribution >= 4 is 23.2 Å². The molecule has 0 atom stereocenters. The summed E-state index contributed by atoms with van der Waals surface area (Å²) in [6.07, 6.45) is 0. The second-order valence-electron chi connectivity index (χ2n) is 5.12. The smallest absolute Gasteiger partial charge is 0.262 e. The molecule has 0 saturated carbocycles. The van der Waals surface area contributed by atoms with Crippen LogP contribution in [0.4, 0.5) is 15.8 Å². The number of hydrogen-bond acceptors (Lipinski definition) is 4. The number of hydrogen-bond donors (Lipinski definition) is 2. The molecule has 0 bridgehead atoms. The number of benzene rings is 2. The molecule has 6 nitrogen and oxygen atoms in total. The van der Waals surface area contributed by atoms with Crippen LogP contribution in [-0.4, -0.2) is 25.0 Å². The number of carbonyl (C=O) groups is 2. The lowest BCUT2D eigenvalue weighted by Gasteiger charge is -2.10. The number of carbonyl (C=O) groups excluding carboxylic acids is 2. The van der Waals surface area contributed by atoms with E-state index in [0.717, 1.165) is 6.07 Å². The zero-order chi connectivity index (χ0) is 18.2. The maximum Gasteiger partial charge on any atom is 0.262 e. The molecule has 0 aliphatic rings. The molecule has 0 aliphatic heterocycles. The molecule has 0 unspecified atom stereocenters. The van der Waals surface area contributed by atoms with Crippen molar-refractivity contribution in [2.75, 3.05) is 23.8 Å². The van der Waals surface area contributed by atoms with Gasteiger partial charge in [0.1, 0.15) is 17.3 Å². The van der Waals surface area contributed by atoms with E-state index in [1.54, 1.807) is 24.3 Å². The standard InChI is InChI=1S/C18H19FN2O4/c1-3-24-14-5-7-15(8-6-14)25-11-18(23)21-17-10-13(20-12(2)22)4-9-16(17)19/h4-10H,3,11H2,1-2H3,(H,20,22)(H,21,23). The minimum Gasteiger partial charge on any atom is -0.494 e. The Bertz CT molecular complexity index is 747. The molecule has 0 spiro atoms. The molecule has 0 heterocycles. The Morgan fingerprint density at radius 1 is 1.00 bits per heavy atom. The van der Waals surface area contributed by atoms with Gasteiger partial charge < -0.3 is 20.1 Å². The highest BCUT2D eigenvalue weighted by molar-refractivity contribution is 5.94. The number of halogens is 1. The normalized spacial score (nSPS) is 10.0. The number of nitrogens with one attached hydrogen (secondary N) is 2. The average molecular weight is 346 g/mol. The molecule has 0 aliphatic carbocycles. The van der Waals surface area contributed by atoms with Crippen molar-refractivity contribution in [1.82, 2.24) is 0 Å².